The van der Waals surface area contributed by atoms with Gasteiger partial charge in [-0.2, -0.15) is 0 Å². The molecule has 0 saturated carbocycles. The first kappa shape index (κ1) is 12.7. The highest BCUT2D eigenvalue weighted by Crippen LogP contribution is 2.36. The Hall–Kier alpha value is -0.700. The fourth-order valence-corrected chi connectivity index (χ4v) is 2.77. The standard InChI is InChI=1S/C13H9BrCl2O/c14-11-6-10(15)7-12(16)13(11)17-8-9-4-2-1-3-5-9/h1-7H,8H2. The maximum atomic E-state index is 6.06. The molecule has 4 heteroatoms. The third-order valence-electron chi connectivity index (χ3n) is 2.19. The zero-order valence-corrected chi connectivity index (χ0v) is 11.9. The van der Waals surface area contributed by atoms with Gasteiger partial charge in [0.25, 0.3) is 0 Å². The number of hydrogen-bond donors (Lipinski definition) is 0. The molecule has 2 rings (SSSR count). The van der Waals surface area contributed by atoms with Gasteiger partial charge in [-0.3, -0.25) is 0 Å². The topological polar surface area (TPSA) is 9.23 Å². The van der Waals surface area contributed by atoms with Crippen LogP contribution in [0.2, 0.25) is 10.0 Å². The summed E-state index contributed by atoms with van der Waals surface area (Å²) in [6, 6.07) is 13.3. The monoisotopic (exact) mass is 330 g/mol. The average molecular weight is 332 g/mol. The summed E-state index contributed by atoms with van der Waals surface area (Å²) in [5.41, 5.74) is 1.09. The molecular weight excluding hydrogens is 323 g/mol. The van der Waals surface area contributed by atoms with E-state index in [1.54, 1.807) is 12.1 Å². The van der Waals surface area contributed by atoms with Crippen LogP contribution in [-0.4, -0.2) is 0 Å². The molecule has 0 unspecified atom stereocenters. The predicted molar refractivity (Wildman–Crippen MR) is 74.9 cm³/mol. The predicted octanol–water partition coefficient (Wildman–Crippen LogP) is 5.33. The number of ether oxygens (including phenoxy) is 1. The van der Waals surface area contributed by atoms with Crippen molar-refractivity contribution in [3.05, 3.63) is 62.5 Å². The molecule has 0 N–H and O–H groups in total. The van der Waals surface area contributed by atoms with Crippen LogP contribution in [0.5, 0.6) is 5.75 Å². The van der Waals surface area contributed by atoms with Gasteiger partial charge in [-0.05, 0) is 33.6 Å². The van der Waals surface area contributed by atoms with Crippen LogP contribution >= 0.6 is 39.1 Å². The smallest absolute Gasteiger partial charge is 0.152 e. The van der Waals surface area contributed by atoms with Crippen LogP contribution < -0.4 is 4.74 Å². The van der Waals surface area contributed by atoms with Crippen LogP contribution in [0.3, 0.4) is 0 Å². The quantitative estimate of drug-likeness (QED) is 0.738. The molecule has 0 aliphatic heterocycles. The summed E-state index contributed by atoms with van der Waals surface area (Å²) in [4.78, 5) is 0. The summed E-state index contributed by atoms with van der Waals surface area (Å²) in [5.74, 6) is 0.611. The van der Waals surface area contributed by atoms with Crippen molar-refractivity contribution in [2.45, 2.75) is 6.61 Å². The van der Waals surface area contributed by atoms with Gasteiger partial charge in [0, 0.05) is 5.02 Å². The number of hydrogen-bond acceptors (Lipinski definition) is 1. The van der Waals surface area contributed by atoms with Gasteiger partial charge >= 0.3 is 0 Å². The fraction of sp³-hybridized carbons (Fsp3) is 0.0769. The van der Waals surface area contributed by atoms with E-state index in [2.05, 4.69) is 15.9 Å². The highest BCUT2D eigenvalue weighted by Gasteiger charge is 2.08. The summed E-state index contributed by atoms with van der Waals surface area (Å²) in [5, 5.41) is 1.08. The molecule has 2 aromatic rings. The summed E-state index contributed by atoms with van der Waals surface area (Å²) >= 11 is 15.3. The second kappa shape index (κ2) is 5.76. The Morgan fingerprint density at radius 1 is 1.06 bits per heavy atom. The van der Waals surface area contributed by atoms with Crippen LogP contribution in [0.15, 0.2) is 46.9 Å². The third-order valence-corrected chi connectivity index (χ3v) is 3.28. The number of rotatable bonds is 3. The molecule has 0 fully saturated rings. The highest BCUT2D eigenvalue weighted by atomic mass is 79.9. The van der Waals surface area contributed by atoms with E-state index in [1.807, 2.05) is 30.3 Å². The Bertz CT molecular complexity index is 491. The Labute approximate surface area is 118 Å². The van der Waals surface area contributed by atoms with Crippen LogP contribution in [0, 0.1) is 0 Å². The molecule has 0 spiro atoms. The lowest BCUT2D eigenvalue weighted by molar-refractivity contribution is 0.304. The molecule has 0 saturated heterocycles. The van der Waals surface area contributed by atoms with E-state index in [0.29, 0.717) is 22.4 Å². The molecular formula is C13H9BrCl2O. The Morgan fingerprint density at radius 2 is 1.76 bits per heavy atom. The summed E-state index contributed by atoms with van der Waals surface area (Å²) in [6.07, 6.45) is 0. The minimum Gasteiger partial charge on any atom is -0.486 e. The molecule has 0 atom stereocenters. The Morgan fingerprint density at radius 3 is 2.41 bits per heavy atom. The van der Waals surface area contributed by atoms with Crippen molar-refractivity contribution in [1.29, 1.82) is 0 Å². The van der Waals surface area contributed by atoms with Crippen molar-refractivity contribution in [3.63, 3.8) is 0 Å². The van der Waals surface area contributed by atoms with Crippen LogP contribution in [-0.2, 0) is 6.61 Å². The van der Waals surface area contributed by atoms with Gasteiger partial charge in [0.05, 0.1) is 9.50 Å². The molecule has 0 heterocycles. The second-order valence-corrected chi connectivity index (χ2v) is 5.17. The van der Waals surface area contributed by atoms with E-state index in [1.165, 1.54) is 0 Å². The fourth-order valence-electron chi connectivity index (χ4n) is 1.40. The average Bonchev–Trinajstić information content (AvgIpc) is 2.29. The minimum absolute atomic E-state index is 0.473. The van der Waals surface area contributed by atoms with Gasteiger partial charge < -0.3 is 4.74 Å². The van der Waals surface area contributed by atoms with Gasteiger partial charge in [0.15, 0.2) is 5.75 Å². The first-order valence-electron chi connectivity index (χ1n) is 4.98. The molecule has 0 amide bonds. The lowest BCUT2D eigenvalue weighted by atomic mass is 10.2. The van der Waals surface area contributed by atoms with Crippen LogP contribution in [0.25, 0.3) is 0 Å². The maximum Gasteiger partial charge on any atom is 0.152 e. The maximum absolute atomic E-state index is 6.06. The van der Waals surface area contributed by atoms with E-state index in [9.17, 15) is 0 Å². The first-order chi connectivity index (χ1) is 8.16. The van der Waals surface area contributed by atoms with Crippen molar-refractivity contribution in [3.8, 4) is 5.75 Å². The van der Waals surface area contributed by atoms with Gasteiger partial charge in [0.1, 0.15) is 6.61 Å². The third kappa shape index (κ3) is 3.38. The molecule has 88 valence electrons. The SMILES string of the molecule is Clc1cc(Cl)c(OCc2ccccc2)c(Br)c1. The molecule has 0 aromatic heterocycles. The van der Waals surface area contributed by atoms with Gasteiger partial charge in [-0.25, -0.2) is 0 Å². The minimum atomic E-state index is 0.473. The molecule has 0 aliphatic carbocycles. The van der Waals surface area contributed by atoms with E-state index < -0.39 is 0 Å². The molecule has 17 heavy (non-hydrogen) atoms. The summed E-state index contributed by atoms with van der Waals surface area (Å²) in [7, 11) is 0. The second-order valence-electron chi connectivity index (χ2n) is 3.47. The van der Waals surface area contributed by atoms with Crippen molar-refractivity contribution in [2.75, 3.05) is 0 Å². The zero-order chi connectivity index (χ0) is 12.3. The van der Waals surface area contributed by atoms with Gasteiger partial charge in [-0.1, -0.05) is 53.5 Å². The van der Waals surface area contributed by atoms with E-state index in [4.69, 9.17) is 27.9 Å². The highest BCUT2D eigenvalue weighted by molar-refractivity contribution is 9.10. The molecule has 1 nitrogen and oxygen atoms in total. The summed E-state index contributed by atoms with van der Waals surface area (Å²) in [6.45, 7) is 0.473. The molecule has 2 aromatic carbocycles. The lowest BCUT2D eigenvalue weighted by Crippen LogP contribution is -1.96. The normalized spacial score (nSPS) is 10.3. The van der Waals surface area contributed by atoms with E-state index >= 15 is 0 Å². The lowest BCUT2D eigenvalue weighted by Gasteiger charge is -2.10. The Balaban J connectivity index is 2.15. The van der Waals surface area contributed by atoms with E-state index in [-0.39, 0.29) is 0 Å². The van der Waals surface area contributed by atoms with E-state index in [0.717, 1.165) is 10.0 Å². The van der Waals surface area contributed by atoms with Gasteiger partial charge in [0.2, 0.25) is 0 Å². The molecule has 0 bridgehead atoms. The van der Waals surface area contributed by atoms with Crippen molar-refractivity contribution in [1.82, 2.24) is 0 Å². The Kier molecular flexibility index (Phi) is 4.32. The molecule has 0 aliphatic rings. The zero-order valence-electron chi connectivity index (χ0n) is 8.79. The van der Waals surface area contributed by atoms with Crippen LogP contribution in [0.1, 0.15) is 5.56 Å². The van der Waals surface area contributed by atoms with Crippen molar-refractivity contribution < 1.29 is 4.74 Å². The number of benzene rings is 2. The first-order valence-corrected chi connectivity index (χ1v) is 6.53. The van der Waals surface area contributed by atoms with Gasteiger partial charge in [-0.15, -0.1) is 0 Å². The summed E-state index contributed by atoms with van der Waals surface area (Å²) < 4.78 is 6.43. The van der Waals surface area contributed by atoms with Crippen molar-refractivity contribution in [2.24, 2.45) is 0 Å². The largest absolute Gasteiger partial charge is 0.486 e. The molecule has 0 radical (unpaired) electrons. The number of halogens is 3. The van der Waals surface area contributed by atoms with Crippen molar-refractivity contribution >= 4 is 39.1 Å². The van der Waals surface area contributed by atoms with Crippen LogP contribution in [0.4, 0.5) is 0 Å².